The van der Waals surface area contributed by atoms with Crippen LogP contribution in [0.2, 0.25) is 0 Å². The third-order valence-corrected chi connectivity index (χ3v) is 5.94. The van der Waals surface area contributed by atoms with E-state index in [4.69, 9.17) is 0 Å². The first-order chi connectivity index (χ1) is 11.1. The first-order valence-corrected chi connectivity index (χ1v) is 9.35. The number of benzene rings is 1. The highest BCUT2D eigenvalue weighted by Gasteiger charge is 2.30. The maximum Gasteiger partial charge on any atom is 0.269 e. The third-order valence-electron chi connectivity index (χ3n) is 4.79. The minimum atomic E-state index is 0.118. The second kappa shape index (κ2) is 5.75. The zero-order valence-corrected chi connectivity index (χ0v) is 14.5. The van der Waals surface area contributed by atoms with Crippen molar-refractivity contribution in [2.45, 2.75) is 51.4 Å². The molecule has 0 bridgehead atoms. The molecule has 1 aliphatic carbocycles. The molecule has 4 rings (SSSR count). The molecule has 2 aliphatic rings. The molecule has 0 N–H and O–H groups in total. The van der Waals surface area contributed by atoms with E-state index < -0.39 is 0 Å². The molecule has 0 atom stereocenters. The Morgan fingerprint density at radius 2 is 2.17 bits per heavy atom. The van der Waals surface area contributed by atoms with Crippen LogP contribution in [-0.2, 0) is 6.42 Å². The van der Waals surface area contributed by atoms with Crippen LogP contribution in [0.4, 0.5) is 5.69 Å². The Hall–Kier alpha value is -1.68. The molecule has 0 unspecified atom stereocenters. The molecule has 1 saturated carbocycles. The maximum absolute atomic E-state index is 12.9. The van der Waals surface area contributed by atoms with Gasteiger partial charge in [-0.1, -0.05) is 26.0 Å². The summed E-state index contributed by atoms with van der Waals surface area (Å²) in [5, 5.41) is 1.14. The minimum absolute atomic E-state index is 0.118. The second-order valence-electron chi connectivity index (χ2n) is 6.94. The van der Waals surface area contributed by atoms with E-state index in [-0.39, 0.29) is 5.91 Å². The number of aryl methyl sites for hydroxylation is 1. The van der Waals surface area contributed by atoms with Gasteiger partial charge in [0.25, 0.3) is 5.91 Å². The highest BCUT2D eigenvalue weighted by atomic mass is 32.1. The lowest BCUT2D eigenvalue weighted by atomic mass is 9.95. The van der Waals surface area contributed by atoms with E-state index in [1.54, 1.807) is 17.5 Å². The van der Waals surface area contributed by atoms with Crippen molar-refractivity contribution < 1.29 is 4.79 Å². The minimum Gasteiger partial charge on any atom is -0.307 e. The number of rotatable bonds is 3. The van der Waals surface area contributed by atoms with Crippen molar-refractivity contribution in [3.63, 3.8) is 0 Å². The molecule has 2 heterocycles. The van der Waals surface area contributed by atoms with E-state index in [1.807, 2.05) is 4.90 Å². The molecule has 2 aromatic rings. The van der Waals surface area contributed by atoms with E-state index in [2.05, 4.69) is 37.0 Å². The van der Waals surface area contributed by atoms with Crippen LogP contribution in [-0.4, -0.2) is 17.4 Å². The first kappa shape index (κ1) is 14.9. The largest absolute Gasteiger partial charge is 0.307 e. The normalized spacial score (nSPS) is 17.4. The average molecular weight is 326 g/mol. The Bertz CT molecular complexity index is 746. The van der Waals surface area contributed by atoms with Gasteiger partial charge in [0.15, 0.2) is 0 Å². The second-order valence-corrected chi connectivity index (χ2v) is 8.00. The van der Waals surface area contributed by atoms with Gasteiger partial charge in [-0.25, -0.2) is 4.98 Å². The number of hydrogen-bond donors (Lipinski definition) is 0. The number of carbonyl (C=O) groups excluding carboxylic acids is 1. The number of nitrogens with zero attached hydrogens (tertiary/aromatic N) is 2. The van der Waals surface area contributed by atoms with Gasteiger partial charge in [-0.3, -0.25) is 4.79 Å². The molecular formula is C19H22N2OS. The van der Waals surface area contributed by atoms with Crippen molar-refractivity contribution in [1.82, 2.24) is 4.98 Å². The monoisotopic (exact) mass is 326 g/mol. The fourth-order valence-corrected chi connectivity index (χ4v) is 4.26. The van der Waals surface area contributed by atoms with Crippen LogP contribution in [0.3, 0.4) is 0 Å². The fraction of sp³-hybridized carbons (Fsp3) is 0.474. The number of amides is 1. The lowest BCUT2D eigenvalue weighted by Gasteiger charge is -2.29. The van der Waals surface area contributed by atoms with Gasteiger partial charge in [0.2, 0.25) is 0 Å². The summed E-state index contributed by atoms with van der Waals surface area (Å²) in [4.78, 5) is 20.1. The summed E-state index contributed by atoms with van der Waals surface area (Å²) < 4.78 is 0. The zero-order chi connectivity index (χ0) is 16.0. The summed E-state index contributed by atoms with van der Waals surface area (Å²) in [5.74, 6) is 1.26. The molecule has 1 aliphatic heterocycles. The Morgan fingerprint density at radius 1 is 1.35 bits per heavy atom. The molecular weight excluding hydrogens is 304 g/mol. The number of aromatic nitrogens is 1. The smallest absolute Gasteiger partial charge is 0.269 e. The molecule has 1 fully saturated rings. The summed E-state index contributed by atoms with van der Waals surface area (Å²) in [6.45, 7) is 5.23. The van der Waals surface area contributed by atoms with Gasteiger partial charge in [-0.05, 0) is 48.8 Å². The maximum atomic E-state index is 12.9. The van der Waals surface area contributed by atoms with E-state index in [9.17, 15) is 4.79 Å². The zero-order valence-electron chi connectivity index (χ0n) is 13.7. The fourth-order valence-electron chi connectivity index (χ4n) is 3.23. The van der Waals surface area contributed by atoms with Crippen molar-refractivity contribution in [2.75, 3.05) is 11.4 Å². The predicted octanol–water partition coefficient (Wildman–Crippen LogP) is 4.74. The molecule has 4 heteroatoms. The number of carbonyl (C=O) groups is 1. The summed E-state index contributed by atoms with van der Waals surface area (Å²) >= 11 is 1.59. The van der Waals surface area contributed by atoms with Crippen LogP contribution in [0.1, 0.15) is 70.8 Å². The summed E-state index contributed by atoms with van der Waals surface area (Å²) in [6.07, 6.45) is 6.33. The molecule has 3 nitrogen and oxygen atoms in total. The summed E-state index contributed by atoms with van der Waals surface area (Å²) in [7, 11) is 0. The van der Waals surface area contributed by atoms with Gasteiger partial charge in [0.05, 0.1) is 11.2 Å². The third kappa shape index (κ3) is 2.80. The van der Waals surface area contributed by atoms with Crippen LogP contribution < -0.4 is 4.90 Å². The SMILES string of the molecule is CC(C)c1ccc2c(c1)CCCN2C(=O)c1cnc(C2CC2)s1. The van der Waals surface area contributed by atoms with Crippen LogP contribution in [0.15, 0.2) is 24.4 Å². The number of hydrogen-bond acceptors (Lipinski definition) is 3. The van der Waals surface area contributed by atoms with Crippen LogP contribution in [0.5, 0.6) is 0 Å². The van der Waals surface area contributed by atoms with E-state index in [0.29, 0.717) is 11.8 Å². The number of thiazole rings is 1. The lowest BCUT2D eigenvalue weighted by Crippen LogP contribution is -2.35. The molecule has 23 heavy (non-hydrogen) atoms. The van der Waals surface area contributed by atoms with Gasteiger partial charge in [0.1, 0.15) is 4.88 Å². The quantitative estimate of drug-likeness (QED) is 0.816. The van der Waals surface area contributed by atoms with Gasteiger partial charge >= 0.3 is 0 Å². The van der Waals surface area contributed by atoms with Crippen LogP contribution in [0, 0.1) is 0 Å². The predicted molar refractivity (Wildman–Crippen MR) is 94.6 cm³/mol. The highest BCUT2D eigenvalue weighted by Crippen LogP contribution is 2.42. The molecule has 0 spiro atoms. The Kier molecular flexibility index (Phi) is 3.72. The molecule has 1 aromatic carbocycles. The van der Waals surface area contributed by atoms with E-state index >= 15 is 0 Å². The van der Waals surface area contributed by atoms with Crippen molar-refractivity contribution in [3.05, 3.63) is 45.4 Å². The van der Waals surface area contributed by atoms with Crippen LogP contribution in [0.25, 0.3) is 0 Å². The molecule has 1 amide bonds. The van der Waals surface area contributed by atoms with Crippen LogP contribution >= 0.6 is 11.3 Å². The van der Waals surface area contributed by atoms with E-state index in [1.165, 1.54) is 24.0 Å². The van der Waals surface area contributed by atoms with Gasteiger partial charge in [0, 0.05) is 18.2 Å². The summed E-state index contributed by atoms with van der Waals surface area (Å²) in [6, 6.07) is 6.57. The Labute approximate surface area is 141 Å². The number of fused-ring (bicyclic) bond motifs is 1. The lowest BCUT2D eigenvalue weighted by molar-refractivity contribution is 0.0989. The Balaban J connectivity index is 1.63. The molecule has 1 aromatic heterocycles. The van der Waals surface area contributed by atoms with Crippen molar-refractivity contribution in [1.29, 1.82) is 0 Å². The van der Waals surface area contributed by atoms with Gasteiger partial charge < -0.3 is 4.90 Å². The van der Waals surface area contributed by atoms with Crippen molar-refractivity contribution in [2.24, 2.45) is 0 Å². The van der Waals surface area contributed by atoms with Gasteiger partial charge in [-0.15, -0.1) is 11.3 Å². The highest BCUT2D eigenvalue weighted by molar-refractivity contribution is 7.13. The molecule has 120 valence electrons. The van der Waals surface area contributed by atoms with Gasteiger partial charge in [-0.2, -0.15) is 0 Å². The first-order valence-electron chi connectivity index (χ1n) is 8.54. The van der Waals surface area contributed by atoms with Crippen molar-refractivity contribution in [3.8, 4) is 0 Å². The standard InChI is InChI=1S/C19H22N2OS/c1-12(2)14-7-8-16-15(10-14)4-3-9-21(16)19(22)17-11-20-18(23-17)13-5-6-13/h7-8,10-13H,3-6,9H2,1-2H3. The Morgan fingerprint density at radius 3 is 2.91 bits per heavy atom. The van der Waals surface area contributed by atoms with Crippen molar-refractivity contribution >= 4 is 22.9 Å². The topological polar surface area (TPSA) is 33.2 Å². The molecule has 0 saturated heterocycles. The number of anilines is 1. The van der Waals surface area contributed by atoms with E-state index in [0.717, 1.165) is 35.0 Å². The average Bonchev–Trinajstić information content (AvgIpc) is 3.30. The summed E-state index contributed by atoms with van der Waals surface area (Å²) in [5.41, 5.74) is 3.75. The molecule has 0 radical (unpaired) electrons.